The Hall–Kier alpha value is -2.82. The van der Waals surface area contributed by atoms with Gasteiger partial charge in [0.2, 0.25) is 10.0 Å². The molecule has 4 aromatic rings. The van der Waals surface area contributed by atoms with Crippen LogP contribution in [-0.2, 0) is 10.0 Å². The van der Waals surface area contributed by atoms with Crippen LogP contribution in [-0.4, -0.2) is 54.6 Å². The summed E-state index contributed by atoms with van der Waals surface area (Å²) >= 11 is 0. The summed E-state index contributed by atoms with van der Waals surface area (Å²) in [5.74, 6) is -0.00811. The van der Waals surface area contributed by atoms with Crippen LogP contribution < -0.4 is 4.72 Å². The van der Waals surface area contributed by atoms with Gasteiger partial charge in [0.15, 0.2) is 5.58 Å². The highest BCUT2D eigenvalue weighted by Gasteiger charge is 2.25. The molecule has 1 fully saturated rings. The third-order valence-corrected chi connectivity index (χ3v) is 7.86. The monoisotopic (exact) mass is 471 g/mol. The molecular weight excluding hydrogens is 445 g/mol. The Morgan fingerprint density at radius 2 is 2.00 bits per heavy atom. The van der Waals surface area contributed by atoms with E-state index in [0.717, 1.165) is 56.4 Å². The summed E-state index contributed by atoms with van der Waals surface area (Å²) in [5.41, 5.74) is 1.98. The Morgan fingerprint density at radius 1 is 1.15 bits per heavy atom. The first-order chi connectivity index (χ1) is 16.0. The van der Waals surface area contributed by atoms with Crippen LogP contribution in [0.1, 0.15) is 37.3 Å². The maximum atomic E-state index is 13.4. The predicted molar refractivity (Wildman–Crippen MR) is 123 cm³/mol. The molecule has 0 unspecified atom stereocenters. The number of sulfonamides is 1. The molecule has 0 aliphatic carbocycles. The van der Waals surface area contributed by atoms with Crippen LogP contribution in [0.2, 0.25) is 0 Å². The number of unbranched alkanes of at least 4 members (excludes halogenated alkanes) is 1. The molecule has 0 saturated carbocycles. The number of hydrogen-bond acceptors (Lipinski definition) is 6. The van der Waals surface area contributed by atoms with Crippen molar-refractivity contribution < 1.29 is 17.3 Å². The van der Waals surface area contributed by atoms with Gasteiger partial charge < -0.3 is 14.4 Å². The van der Waals surface area contributed by atoms with Gasteiger partial charge in [-0.15, -0.1) is 0 Å². The highest BCUT2D eigenvalue weighted by atomic mass is 32.2. The number of hydrogen-bond donors (Lipinski definition) is 2. The van der Waals surface area contributed by atoms with Crippen LogP contribution in [0.3, 0.4) is 0 Å². The summed E-state index contributed by atoms with van der Waals surface area (Å²) in [6.45, 7) is 3.23. The Labute approximate surface area is 191 Å². The Balaban J connectivity index is 1.07. The van der Waals surface area contributed by atoms with E-state index in [1.165, 1.54) is 24.4 Å². The van der Waals surface area contributed by atoms with Crippen molar-refractivity contribution in [3.05, 3.63) is 54.2 Å². The molecule has 0 atom stereocenters. The summed E-state index contributed by atoms with van der Waals surface area (Å²) in [5, 5.41) is 5.70. The van der Waals surface area contributed by atoms with E-state index >= 15 is 0 Å². The molecular formula is C23H26FN5O3S. The second kappa shape index (κ2) is 9.20. The molecule has 4 heterocycles. The van der Waals surface area contributed by atoms with E-state index in [4.69, 9.17) is 4.52 Å². The fraction of sp³-hybridized carbons (Fsp3) is 0.391. The van der Waals surface area contributed by atoms with Crippen molar-refractivity contribution in [2.24, 2.45) is 0 Å². The first-order valence-electron chi connectivity index (χ1n) is 11.2. The molecule has 10 heteroatoms. The number of piperidine rings is 1. The average Bonchev–Trinajstić information content (AvgIpc) is 3.45. The quantitative estimate of drug-likeness (QED) is 0.379. The van der Waals surface area contributed by atoms with Gasteiger partial charge in [-0.25, -0.2) is 22.5 Å². The minimum Gasteiger partial charge on any atom is -0.356 e. The number of pyridine rings is 1. The van der Waals surface area contributed by atoms with Crippen molar-refractivity contribution in [1.29, 1.82) is 0 Å². The van der Waals surface area contributed by atoms with Gasteiger partial charge >= 0.3 is 0 Å². The summed E-state index contributed by atoms with van der Waals surface area (Å²) in [7, 11) is -3.58. The predicted octanol–water partition coefficient (Wildman–Crippen LogP) is 3.78. The summed E-state index contributed by atoms with van der Waals surface area (Å²) in [4.78, 5) is 9.72. The highest BCUT2D eigenvalue weighted by Crippen LogP contribution is 2.32. The highest BCUT2D eigenvalue weighted by molar-refractivity contribution is 7.89. The van der Waals surface area contributed by atoms with Gasteiger partial charge in [0.05, 0.1) is 10.6 Å². The van der Waals surface area contributed by atoms with E-state index in [2.05, 4.69) is 24.7 Å². The first-order valence-corrected chi connectivity index (χ1v) is 12.7. The number of H-pyrrole nitrogens is 1. The van der Waals surface area contributed by atoms with E-state index in [-0.39, 0.29) is 10.7 Å². The van der Waals surface area contributed by atoms with Crippen LogP contribution in [0, 0.1) is 5.82 Å². The van der Waals surface area contributed by atoms with Crippen molar-refractivity contribution in [1.82, 2.24) is 24.7 Å². The second-order valence-corrected chi connectivity index (χ2v) is 10.2. The largest absolute Gasteiger partial charge is 0.356 e. The fourth-order valence-electron chi connectivity index (χ4n) is 4.57. The van der Waals surface area contributed by atoms with Gasteiger partial charge in [0, 0.05) is 41.7 Å². The maximum absolute atomic E-state index is 13.4. The molecule has 1 saturated heterocycles. The van der Waals surface area contributed by atoms with Crippen molar-refractivity contribution in [2.45, 2.75) is 36.5 Å². The van der Waals surface area contributed by atoms with Gasteiger partial charge in [-0.1, -0.05) is 5.16 Å². The lowest BCUT2D eigenvalue weighted by Gasteiger charge is -2.31. The van der Waals surface area contributed by atoms with E-state index in [1.54, 1.807) is 18.3 Å². The molecule has 2 N–H and O–H groups in total. The third-order valence-electron chi connectivity index (χ3n) is 6.34. The Kier molecular flexibility index (Phi) is 6.13. The summed E-state index contributed by atoms with van der Waals surface area (Å²) < 4.78 is 46.7. The zero-order chi connectivity index (χ0) is 22.8. The van der Waals surface area contributed by atoms with Crippen molar-refractivity contribution in [3.63, 3.8) is 0 Å². The number of nitrogens with one attached hydrogen (secondary N) is 2. The minimum absolute atomic E-state index is 0.249. The lowest BCUT2D eigenvalue weighted by Crippen LogP contribution is -2.34. The SMILES string of the molecule is O=S(=O)(NCCCCN1CCC(c2noc3cc(F)ccc23)CC1)c1ccnc2[nH]ccc12. The molecule has 0 bridgehead atoms. The van der Waals surface area contributed by atoms with Gasteiger partial charge in [0.1, 0.15) is 11.5 Å². The Morgan fingerprint density at radius 3 is 2.85 bits per heavy atom. The molecule has 0 radical (unpaired) electrons. The fourth-order valence-corrected chi connectivity index (χ4v) is 5.83. The molecule has 0 spiro atoms. The smallest absolute Gasteiger partial charge is 0.241 e. The number of rotatable bonds is 8. The Bertz CT molecular complexity index is 1360. The molecule has 1 aromatic carbocycles. The topological polar surface area (TPSA) is 104 Å². The summed E-state index contributed by atoms with van der Waals surface area (Å²) in [6.07, 6.45) is 6.80. The van der Waals surface area contributed by atoms with Crippen LogP contribution >= 0.6 is 0 Å². The van der Waals surface area contributed by atoms with Gasteiger partial charge in [-0.3, -0.25) is 0 Å². The van der Waals surface area contributed by atoms with Gasteiger partial charge in [-0.05, 0) is 69.6 Å². The molecule has 1 aliphatic rings. The maximum Gasteiger partial charge on any atom is 0.241 e. The molecule has 3 aromatic heterocycles. The number of nitrogens with zero attached hydrogens (tertiary/aromatic N) is 3. The lowest BCUT2D eigenvalue weighted by molar-refractivity contribution is 0.206. The standard InChI is InChI=1S/C23H26FN5O3S/c24-17-3-4-18-20(15-17)32-28-22(18)16-7-13-29(14-8-16)12-2-1-9-27-33(30,31)21-6-11-26-23-19(21)5-10-25-23/h3-6,10-11,15-16,27H,1-2,7-9,12-14H2,(H,25,26). The average molecular weight is 472 g/mol. The van der Waals surface area contributed by atoms with Crippen LogP contribution in [0.4, 0.5) is 4.39 Å². The minimum atomic E-state index is -3.58. The third kappa shape index (κ3) is 4.64. The molecule has 0 amide bonds. The van der Waals surface area contributed by atoms with E-state index in [0.29, 0.717) is 29.1 Å². The number of halogens is 1. The zero-order valence-corrected chi connectivity index (χ0v) is 18.9. The van der Waals surface area contributed by atoms with Crippen LogP contribution in [0.5, 0.6) is 0 Å². The normalized spacial score (nSPS) is 16.2. The zero-order valence-electron chi connectivity index (χ0n) is 18.1. The van der Waals surface area contributed by atoms with Crippen molar-refractivity contribution in [3.8, 4) is 0 Å². The van der Waals surface area contributed by atoms with Crippen LogP contribution in [0.25, 0.3) is 22.0 Å². The molecule has 174 valence electrons. The number of aromatic nitrogens is 3. The number of likely N-dealkylation sites (tertiary alicyclic amines) is 1. The molecule has 33 heavy (non-hydrogen) atoms. The van der Waals surface area contributed by atoms with E-state index < -0.39 is 10.0 Å². The molecule has 1 aliphatic heterocycles. The van der Waals surface area contributed by atoms with Crippen molar-refractivity contribution >= 4 is 32.0 Å². The van der Waals surface area contributed by atoms with E-state index in [9.17, 15) is 12.8 Å². The van der Waals surface area contributed by atoms with Crippen molar-refractivity contribution in [2.75, 3.05) is 26.2 Å². The lowest BCUT2D eigenvalue weighted by atomic mass is 9.91. The van der Waals surface area contributed by atoms with Crippen LogP contribution in [0.15, 0.2) is 52.1 Å². The van der Waals surface area contributed by atoms with Gasteiger partial charge in [0.25, 0.3) is 0 Å². The van der Waals surface area contributed by atoms with Gasteiger partial charge in [-0.2, -0.15) is 0 Å². The number of aromatic amines is 1. The van der Waals surface area contributed by atoms with E-state index in [1.807, 2.05) is 0 Å². The summed E-state index contributed by atoms with van der Waals surface area (Å²) in [6, 6.07) is 7.82. The first kappa shape index (κ1) is 22.0. The second-order valence-electron chi connectivity index (χ2n) is 8.48. The molecule has 8 nitrogen and oxygen atoms in total. The number of benzene rings is 1. The number of fused-ring (bicyclic) bond motifs is 2. The molecule has 5 rings (SSSR count).